The number of halogens is 2. The number of pyridine rings is 1. The highest BCUT2D eigenvalue weighted by Crippen LogP contribution is 2.36. The number of rotatable bonds is 3. The molecular formula is C16H15Cl2NO. The molecule has 104 valence electrons. The van der Waals surface area contributed by atoms with Crippen LogP contribution in [0.15, 0.2) is 36.5 Å². The Bertz CT molecular complexity index is 609. The standard InChI is InChI=1S/C16H15Cl2NO/c17-13-4-1-5-14(18)12(13)9-15(20)11-7-6-10-3-2-8-19-16(10)11/h1-5,8,11,15,20H,6-7,9H2. The van der Waals surface area contributed by atoms with Crippen LogP contribution in [0.25, 0.3) is 0 Å². The maximum absolute atomic E-state index is 10.5. The van der Waals surface area contributed by atoms with Crippen molar-refractivity contribution >= 4 is 23.2 Å². The second kappa shape index (κ2) is 5.72. The Kier molecular flexibility index (Phi) is 3.97. The number of aliphatic hydroxyl groups is 1. The van der Waals surface area contributed by atoms with Crippen molar-refractivity contribution in [1.29, 1.82) is 0 Å². The molecule has 0 bridgehead atoms. The van der Waals surface area contributed by atoms with Crippen molar-refractivity contribution in [2.24, 2.45) is 0 Å². The van der Waals surface area contributed by atoms with Gasteiger partial charge in [0.2, 0.25) is 0 Å². The Morgan fingerprint density at radius 1 is 1.20 bits per heavy atom. The summed E-state index contributed by atoms with van der Waals surface area (Å²) in [6.07, 6.45) is 3.63. The average molecular weight is 308 g/mol. The summed E-state index contributed by atoms with van der Waals surface area (Å²) >= 11 is 12.3. The minimum absolute atomic E-state index is 0.0681. The fourth-order valence-corrected chi connectivity index (χ4v) is 3.45. The molecule has 0 fully saturated rings. The lowest BCUT2D eigenvalue weighted by molar-refractivity contribution is 0.141. The molecule has 0 saturated heterocycles. The number of hydrogen-bond acceptors (Lipinski definition) is 2. The van der Waals surface area contributed by atoms with Crippen molar-refractivity contribution in [2.45, 2.75) is 31.3 Å². The minimum atomic E-state index is -0.511. The first-order chi connectivity index (χ1) is 9.66. The second-order valence-corrected chi connectivity index (χ2v) is 5.98. The van der Waals surface area contributed by atoms with Crippen LogP contribution in [0.2, 0.25) is 10.0 Å². The van der Waals surface area contributed by atoms with Crippen LogP contribution in [0, 0.1) is 0 Å². The van der Waals surface area contributed by atoms with Crippen molar-refractivity contribution in [3.8, 4) is 0 Å². The van der Waals surface area contributed by atoms with E-state index in [0.717, 1.165) is 24.1 Å². The van der Waals surface area contributed by atoms with Crippen molar-refractivity contribution in [3.63, 3.8) is 0 Å². The first-order valence-corrected chi connectivity index (χ1v) is 7.47. The first-order valence-electron chi connectivity index (χ1n) is 6.71. The van der Waals surface area contributed by atoms with Gasteiger partial charge in [0.05, 0.1) is 6.10 Å². The van der Waals surface area contributed by atoms with E-state index in [2.05, 4.69) is 11.1 Å². The van der Waals surface area contributed by atoms with E-state index in [1.54, 1.807) is 18.3 Å². The fourth-order valence-electron chi connectivity index (χ4n) is 2.90. The first kappa shape index (κ1) is 13.9. The number of nitrogens with zero attached hydrogens (tertiary/aromatic N) is 1. The van der Waals surface area contributed by atoms with E-state index in [-0.39, 0.29) is 5.92 Å². The third-order valence-corrected chi connectivity index (χ3v) is 4.65. The van der Waals surface area contributed by atoms with Crippen LogP contribution in [-0.2, 0) is 12.8 Å². The largest absolute Gasteiger partial charge is 0.392 e. The molecule has 2 unspecified atom stereocenters. The Labute approximate surface area is 128 Å². The highest BCUT2D eigenvalue weighted by molar-refractivity contribution is 6.36. The lowest BCUT2D eigenvalue weighted by Crippen LogP contribution is -2.20. The van der Waals surface area contributed by atoms with Crippen LogP contribution in [0.4, 0.5) is 0 Å². The van der Waals surface area contributed by atoms with Crippen LogP contribution in [-0.4, -0.2) is 16.2 Å². The van der Waals surface area contributed by atoms with Gasteiger partial charge in [-0.1, -0.05) is 35.3 Å². The summed E-state index contributed by atoms with van der Waals surface area (Å²) in [4.78, 5) is 4.42. The van der Waals surface area contributed by atoms with Gasteiger partial charge in [0.25, 0.3) is 0 Å². The van der Waals surface area contributed by atoms with E-state index >= 15 is 0 Å². The molecule has 1 aromatic carbocycles. The molecule has 0 radical (unpaired) electrons. The maximum atomic E-state index is 10.5. The van der Waals surface area contributed by atoms with E-state index in [1.807, 2.05) is 12.1 Å². The van der Waals surface area contributed by atoms with Crippen molar-refractivity contribution < 1.29 is 5.11 Å². The SMILES string of the molecule is OC(Cc1c(Cl)cccc1Cl)C1CCc2cccnc21. The zero-order valence-corrected chi connectivity index (χ0v) is 12.4. The van der Waals surface area contributed by atoms with Crippen molar-refractivity contribution in [3.05, 3.63) is 63.4 Å². The number of hydrogen-bond donors (Lipinski definition) is 1. The molecule has 4 heteroatoms. The molecule has 1 heterocycles. The van der Waals surface area contributed by atoms with Gasteiger partial charge < -0.3 is 5.11 Å². The lowest BCUT2D eigenvalue weighted by atomic mass is 9.94. The molecule has 3 rings (SSSR count). The molecule has 20 heavy (non-hydrogen) atoms. The molecule has 2 atom stereocenters. The van der Waals surface area contributed by atoms with Gasteiger partial charge >= 0.3 is 0 Å². The summed E-state index contributed by atoms with van der Waals surface area (Å²) in [6.45, 7) is 0. The Balaban J connectivity index is 1.83. The Morgan fingerprint density at radius 3 is 2.70 bits per heavy atom. The molecule has 2 nitrogen and oxygen atoms in total. The number of aliphatic hydroxyl groups excluding tert-OH is 1. The van der Waals surface area contributed by atoms with Gasteiger partial charge in [-0.2, -0.15) is 0 Å². The maximum Gasteiger partial charge on any atom is 0.0665 e. The van der Waals surface area contributed by atoms with E-state index in [4.69, 9.17) is 23.2 Å². The molecule has 0 aliphatic heterocycles. The topological polar surface area (TPSA) is 33.1 Å². The van der Waals surface area contributed by atoms with E-state index in [9.17, 15) is 5.11 Å². The number of fused-ring (bicyclic) bond motifs is 1. The zero-order chi connectivity index (χ0) is 14.1. The number of aryl methyl sites for hydroxylation is 1. The quantitative estimate of drug-likeness (QED) is 0.929. The van der Waals surface area contributed by atoms with Gasteiger partial charge in [-0.15, -0.1) is 0 Å². The molecule has 1 aliphatic carbocycles. The summed E-state index contributed by atoms with van der Waals surface area (Å²) < 4.78 is 0. The molecule has 1 N–H and O–H groups in total. The molecule has 0 spiro atoms. The van der Waals surface area contributed by atoms with Gasteiger partial charge in [-0.3, -0.25) is 4.98 Å². The van der Waals surface area contributed by atoms with Crippen LogP contribution < -0.4 is 0 Å². The summed E-state index contributed by atoms with van der Waals surface area (Å²) in [5, 5.41) is 11.8. The second-order valence-electron chi connectivity index (χ2n) is 5.16. The molecule has 1 aromatic heterocycles. The lowest BCUT2D eigenvalue weighted by Gasteiger charge is -2.19. The molecular weight excluding hydrogens is 293 g/mol. The van der Waals surface area contributed by atoms with E-state index in [1.165, 1.54) is 5.56 Å². The molecule has 0 amide bonds. The monoisotopic (exact) mass is 307 g/mol. The van der Waals surface area contributed by atoms with Crippen molar-refractivity contribution in [2.75, 3.05) is 0 Å². The predicted molar refractivity (Wildman–Crippen MR) is 81.5 cm³/mol. The summed E-state index contributed by atoms with van der Waals surface area (Å²) in [5.74, 6) is 0.0681. The van der Waals surface area contributed by atoms with Gasteiger partial charge in [0.1, 0.15) is 0 Å². The van der Waals surface area contributed by atoms with Gasteiger partial charge in [-0.25, -0.2) is 0 Å². The predicted octanol–water partition coefficient (Wildman–Crippen LogP) is 4.02. The molecule has 2 aromatic rings. The summed E-state index contributed by atoms with van der Waals surface area (Å²) in [7, 11) is 0. The number of benzene rings is 1. The average Bonchev–Trinajstić information content (AvgIpc) is 2.87. The van der Waals surface area contributed by atoms with Crippen LogP contribution >= 0.6 is 23.2 Å². The van der Waals surface area contributed by atoms with Crippen molar-refractivity contribution in [1.82, 2.24) is 4.98 Å². The Hall–Kier alpha value is -1.09. The van der Waals surface area contributed by atoms with Crippen LogP contribution in [0.3, 0.4) is 0 Å². The van der Waals surface area contributed by atoms with Gasteiger partial charge in [0, 0.05) is 34.3 Å². The minimum Gasteiger partial charge on any atom is -0.392 e. The zero-order valence-electron chi connectivity index (χ0n) is 10.9. The molecule has 0 saturated carbocycles. The normalized spacial score (nSPS) is 18.9. The van der Waals surface area contributed by atoms with E-state index < -0.39 is 6.10 Å². The summed E-state index contributed by atoms with van der Waals surface area (Å²) in [6, 6.07) is 9.44. The highest BCUT2D eigenvalue weighted by Gasteiger charge is 2.30. The Morgan fingerprint density at radius 2 is 1.95 bits per heavy atom. The molecule has 1 aliphatic rings. The third-order valence-electron chi connectivity index (χ3n) is 3.94. The number of aromatic nitrogens is 1. The summed E-state index contributed by atoms with van der Waals surface area (Å²) in [5.41, 5.74) is 3.07. The van der Waals surface area contributed by atoms with E-state index in [0.29, 0.717) is 16.5 Å². The smallest absolute Gasteiger partial charge is 0.0665 e. The fraction of sp³-hybridized carbons (Fsp3) is 0.312. The third kappa shape index (κ3) is 2.56. The van der Waals surface area contributed by atoms with Gasteiger partial charge in [0.15, 0.2) is 0 Å². The van der Waals surface area contributed by atoms with Gasteiger partial charge in [-0.05, 0) is 42.2 Å². The highest BCUT2D eigenvalue weighted by atomic mass is 35.5. The van der Waals surface area contributed by atoms with Crippen LogP contribution in [0.5, 0.6) is 0 Å². The van der Waals surface area contributed by atoms with Crippen LogP contribution in [0.1, 0.15) is 29.2 Å².